The molecule has 0 bridgehead atoms. The van der Waals surface area contributed by atoms with Crippen molar-refractivity contribution >= 4 is 5.95 Å². The minimum absolute atomic E-state index is 0.178. The molecule has 0 spiro atoms. The van der Waals surface area contributed by atoms with Crippen molar-refractivity contribution in [1.29, 1.82) is 0 Å². The molecular formula is C15H16N6. The second-order valence-corrected chi connectivity index (χ2v) is 4.77. The van der Waals surface area contributed by atoms with Crippen LogP contribution in [-0.2, 0) is 0 Å². The highest BCUT2D eigenvalue weighted by molar-refractivity contribution is 5.38. The highest BCUT2D eigenvalue weighted by Crippen LogP contribution is 2.22. The van der Waals surface area contributed by atoms with E-state index in [0.29, 0.717) is 5.95 Å². The SMILES string of the molecule is C[C@H](c1ccc(-n2cncn2)cc1)N(C)c1ncccn1. The van der Waals surface area contributed by atoms with E-state index in [2.05, 4.69) is 39.1 Å². The number of rotatable bonds is 4. The summed E-state index contributed by atoms with van der Waals surface area (Å²) in [5.41, 5.74) is 2.18. The summed E-state index contributed by atoms with van der Waals surface area (Å²) < 4.78 is 1.73. The number of aromatic nitrogens is 5. The average molecular weight is 280 g/mol. The third-order valence-corrected chi connectivity index (χ3v) is 3.51. The molecule has 3 rings (SSSR count). The number of hydrogen-bond acceptors (Lipinski definition) is 5. The standard InChI is InChI=1S/C15H16N6/c1-12(20(2)15-17-8-3-9-18-15)13-4-6-14(7-5-13)21-11-16-10-19-21/h3-12H,1-2H3/t12-/m1/s1. The van der Waals surface area contributed by atoms with Gasteiger partial charge in [0, 0.05) is 19.4 Å². The van der Waals surface area contributed by atoms with Crippen LogP contribution < -0.4 is 4.90 Å². The van der Waals surface area contributed by atoms with Crippen LogP contribution in [0.1, 0.15) is 18.5 Å². The predicted octanol–water partition coefficient (Wildman–Crippen LogP) is 2.25. The van der Waals surface area contributed by atoms with Gasteiger partial charge in [0.1, 0.15) is 12.7 Å². The highest BCUT2D eigenvalue weighted by atomic mass is 15.3. The monoisotopic (exact) mass is 280 g/mol. The average Bonchev–Trinajstić information content (AvgIpc) is 3.09. The van der Waals surface area contributed by atoms with Gasteiger partial charge in [-0.3, -0.25) is 0 Å². The summed E-state index contributed by atoms with van der Waals surface area (Å²) in [7, 11) is 1.99. The zero-order chi connectivity index (χ0) is 14.7. The first kappa shape index (κ1) is 13.2. The molecule has 0 aliphatic rings. The van der Waals surface area contributed by atoms with Crippen molar-refractivity contribution in [3.63, 3.8) is 0 Å². The van der Waals surface area contributed by atoms with E-state index >= 15 is 0 Å². The molecule has 0 aliphatic carbocycles. The van der Waals surface area contributed by atoms with Crippen LogP contribution in [0, 0.1) is 0 Å². The molecule has 0 amide bonds. The molecule has 0 aliphatic heterocycles. The number of benzene rings is 1. The summed E-state index contributed by atoms with van der Waals surface area (Å²) in [5.74, 6) is 0.713. The second-order valence-electron chi connectivity index (χ2n) is 4.77. The maximum atomic E-state index is 4.28. The third-order valence-electron chi connectivity index (χ3n) is 3.51. The first-order chi connectivity index (χ1) is 10.3. The summed E-state index contributed by atoms with van der Waals surface area (Å²) >= 11 is 0. The van der Waals surface area contributed by atoms with Crippen LogP contribution in [0.2, 0.25) is 0 Å². The van der Waals surface area contributed by atoms with E-state index in [0.717, 1.165) is 5.69 Å². The largest absolute Gasteiger partial charge is 0.337 e. The zero-order valence-electron chi connectivity index (χ0n) is 12.0. The Morgan fingerprint density at radius 2 is 1.81 bits per heavy atom. The van der Waals surface area contributed by atoms with Gasteiger partial charge in [-0.05, 0) is 30.7 Å². The Labute approximate surface area is 123 Å². The lowest BCUT2D eigenvalue weighted by molar-refractivity contribution is 0.714. The van der Waals surface area contributed by atoms with Crippen LogP contribution in [-0.4, -0.2) is 31.8 Å². The molecule has 21 heavy (non-hydrogen) atoms. The van der Waals surface area contributed by atoms with Crippen LogP contribution in [0.4, 0.5) is 5.95 Å². The molecule has 6 heteroatoms. The topological polar surface area (TPSA) is 59.7 Å². The van der Waals surface area contributed by atoms with Crippen LogP contribution >= 0.6 is 0 Å². The van der Waals surface area contributed by atoms with E-state index in [1.54, 1.807) is 23.4 Å². The smallest absolute Gasteiger partial charge is 0.225 e. The fourth-order valence-corrected chi connectivity index (χ4v) is 2.12. The lowest BCUT2D eigenvalue weighted by Crippen LogP contribution is -2.23. The van der Waals surface area contributed by atoms with Gasteiger partial charge in [0.15, 0.2) is 0 Å². The number of hydrogen-bond donors (Lipinski definition) is 0. The molecule has 2 heterocycles. The lowest BCUT2D eigenvalue weighted by atomic mass is 10.1. The van der Waals surface area contributed by atoms with E-state index in [4.69, 9.17) is 0 Å². The maximum absolute atomic E-state index is 4.28. The van der Waals surface area contributed by atoms with Crippen LogP contribution in [0.5, 0.6) is 0 Å². The van der Waals surface area contributed by atoms with E-state index in [9.17, 15) is 0 Å². The van der Waals surface area contributed by atoms with Crippen LogP contribution in [0.15, 0.2) is 55.4 Å². The van der Waals surface area contributed by atoms with Crippen molar-refractivity contribution < 1.29 is 0 Å². The summed E-state index contributed by atoms with van der Waals surface area (Å²) in [6.45, 7) is 2.13. The van der Waals surface area contributed by atoms with Crippen LogP contribution in [0.3, 0.4) is 0 Å². The minimum Gasteiger partial charge on any atom is -0.337 e. The molecule has 2 aromatic heterocycles. The van der Waals surface area contributed by atoms with E-state index < -0.39 is 0 Å². The van der Waals surface area contributed by atoms with Gasteiger partial charge in [-0.15, -0.1) is 0 Å². The Morgan fingerprint density at radius 3 is 2.43 bits per heavy atom. The highest BCUT2D eigenvalue weighted by Gasteiger charge is 2.14. The predicted molar refractivity (Wildman–Crippen MR) is 80.2 cm³/mol. The first-order valence-electron chi connectivity index (χ1n) is 6.70. The fraction of sp³-hybridized carbons (Fsp3) is 0.200. The summed E-state index contributed by atoms with van der Waals surface area (Å²) in [4.78, 5) is 14.5. The van der Waals surface area contributed by atoms with Gasteiger partial charge in [0.05, 0.1) is 11.7 Å². The Kier molecular flexibility index (Phi) is 3.59. The molecule has 6 nitrogen and oxygen atoms in total. The minimum atomic E-state index is 0.178. The van der Waals surface area contributed by atoms with Crippen molar-refractivity contribution in [2.45, 2.75) is 13.0 Å². The normalized spacial score (nSPS) is 12.1. The van der Waals surface area contributed by atoms with Crippen molar-refractivity contribution in [1.82, 2.24) is 24.7 Å². The van der Waals surface area contributed by atoms with Crippen molar-refractivity contribution in [3.8, 4) is 5.69 Å². The van der Waals surface area contributed by atoms with Gasteiger partial charge in [0.25, 0.3) is 0 Å². The van der Waals surface area contributed by atoms with E-state index in [-0.39, 0.29) is 6.04 Å². The van der Waals surface area contributed by atoms with Crippen molar-refractivity contribution in [2.24, 2.45) is 0 Å². The van der Waals surface area contributed by atoms with Gasteiger partial charge in [-0.1, -0.05) is 12.1 Å². The Morgan fingerprint density at radius 1 is 1.10 bits per heavy atom. The third kappa shape index (κ3) is 2.74. The summed E-state index contributed by atoms with van der Waals surface area (Å²) in [5, 5.41) is 4.12. The molecular weight excluding hydrogens is 264 g/mol. The lowest BCUT2D eigenvalue weighted by Gasteiger charge is -2.25. The fourth-order valence-electron chi connectivity index (χ4n) is 2.12. The van der Waals surface area contributed by atoms with Gasteiger partial charge in [0.2, 0.25) is 5.95 Å². The molecule has 0 radical (unpaired) electrons. The Bertz CT molecular complexity index is 678. The molecule has 3 aromatic rings. The van der Waals surface area contributed by atoms with Crippen LogP contribution in [0.25, 0.3) is 5.69 Å². The number of nitrogens with zero attached hydrogens (tertiary/aromatic N) is 6. The van der Waals surface area contributed by atoms with Crippen molar-refractivity contribution in [3.05, 3.63) is 60.9 Å². The van der Waals surface area contributed by atoms with Gasteiger partial charge in [-0.2, -0.15) is 5.10 Å². The summed E-state index contributed by atoms with van der Waals surface area (Å²) in [6.07, 6.45) is 6.71. The quantitative estimate of drug-likeness (QED) is 0.733. The Balaban J connectivity index is 1.80. The molecule has 1 aromatic carbocycles. The Hall–Kier alpha value is -2.76. The van der Waals surface area contributed by atoms with E-state index in [1.165, 1.54) is 11.9 Å². The summed E-state index contributed by atoms with van der Waals surface area (Å²) in [6, 6.07) is 10.2. The molecule has 1 atom stereocenters. The maximum Gasteiger partial charge on any atom is 0.225 e. The van der Waals surface area contributed by atoms with Gasteiger partial charge in [-0.25, -0.2) is 19.6 Å². The molecule has 0 unspecified atom stereocenters. The number of anilines is 1. The molecule has 0 saturated heterocycles. The first-order valence-corrected chi connectivity index (χ1v) is 6.70. The second kappa shape index (κ2) is 5.70. The van der Waals surface area contributed by atoms with Gasteiger partial charge >= 0.3 is 0 Å². The molecule has 0 saturated carbocycles. The molecule has 0 N–H and O–H groups in total. The molecule has 106 valence electrons. The molecule has 0 fully saturated rings. The van der Waals surface area contributed by atoms with Gasteiger partial charge < -0.3 is 4.90 Å². The zero-order valence-corrected chi connectivity index (χ0v) is 12.0. The van der Waals surface area contributed by atoms with Crippen molar-refractivity contribution in [2.75, 3.05) is 11.9 Å². The van der Waals surface area contributed by atoms with E-state index in [1.807, 2.05) is 30.1 Å².